The van der Waals surface area contributed by atoms with Crippen LogP contribution >= 0.6 is 22.7 Å². The molecule has 0 bridgehead atoms. The van der Waals surface area contributed by atoms with Gasteiger partial charge in [0.2, 0.25) is 0 Å². The number of hydrogen-bond acceptors (Lipinski definition) is 7. The monoisotopic (exact) mass is 751 g/mol. The maximum Gasteiger partial charge on any atom is 0.165 e. The first-order chi connectivity index (χ1) is 27.7. The number of rotatable bonds is 6. The van der Waals surface area contributed by atoms with Crippen LogP contribution in [0.2, 0.25) is 0 Å². The summed E-state index contributed by atoms with van der Waals surface area (Å²) < 4.78 is 4.59. The lowest BCUT2D eigenvalue weighted by molar-refractivity contribution is 1.08. The molecule has 0 saturated heterocycles. The zero-order chi connectivity index (χ0) is 37.0. The van der Waals surface area contributed by atoms with E-state index in [4.69, 9.17) is 24.9 Å². The van der Waals surface area contributed by atoms with Gasteiger partial charge in [0.05, 0.1) is 15.9 Å². The molecule has 0 radical (unpaired) electrons. The van der Waals surface area contributed by atoms with Crippen molar-refractivity contribution < 1.29 is 0 Å². The molecule has 7 heteroatoms. The van der Waals surface area contributed by atoms with Gasteiger partial charge < -0.3 is 0 Å². The molecule has 262 valence electrons. The molecule has 0 aliphatic rings. The van der Waals surface area contributed by atoms with Gasteiger partial charge in [-0.15, -0.1) is 22.7 Å². The average Bonchev–Trinajstić information content (AvgIpc) is 3.85. The van der Waals surface area contributed by atoms with Crippen LogP contribution in [0.5, 0.6) is 0 Å². The van der Waals surface area contributed by atoms with Crippen LogP contribution in [0, 0.1) is 0 Å². The first-order valence-electron chi connectivity index (χ1n) is 18.4. The Labute approximate surface area is 330 Å². The highest BCUT2D eigenvalue weighted by molar-refractivity contribution is 7.26. The van der Waals surface area contributed by atoms with E-state index < -0.39 is 0 Å². The molecule has 0 saturated carbocycles. The summed E-state index contributed by atoms with van der Waals surface area (Å²) in [5.41, 5.74) is 9.11. The van der Waals surface area contributed by atoms with Gasteiger partial charge in [-0.05, 0) is 35.4 Å². The van der Waals surface area contributed by atoms with Gasteiger partial charge in [0.1, 0.15) is 0 Å². The van der Waals surface area contributed by atoms with Gasteiger partial charge in [-0.2, -0.15) is 0 Å². The second-order valence-corrected chi connectivity index (χ2v) is 15.8. The minimum atomic E-state index is 0.634. The van der Waals surface area contributed by atoms with Gasteiger partial charge in [-0.1, -0.05) is 152 Å². The molecule has 11 aromatic rings. The summed E-state index contributed by atoms with van der Waals surface area (Å²) in [6.45, 7) is 0. The molecule has 5 nitrogen and oxygen atoms in total. The average molecular weight is 752 g/mol. The number of thiophene rings is 2. The number of aromatic nitrogens is 5. The maximum absolute atomic E-state index is 5.24. The van der Waals surface area contributed by atoms with Crippen LogP contribution < -0.4 is 0 Å². The number of hydrogen-bond donors (Lipinski definition) is 0. The van der Waals surface area contributed by atoms with Crippen molar-refractivity contribution in [1.29, 1.82) is 0 Å². The van der Waals surface area contributed by atoms with E-state index >= 15 is 0 Å². The third kappa shape index (κ3) is 5.64. The van der Waals surface area contributed by atoms with Gasteiger partial charge in [0.25, 0.3) is 0 Å². The molecule has 56 heavy (non-hydrogen) atoms. The van der Waals surface area contributed by atoms with E-state index in [0.717, 1.165) is 75.0 Å². The predicted molar refractivity (Wildman–Crippen MR) is 234 cm³/mol. The van der Waals surface area contributed by atoms with Crippen LogP contribution in [0.4, 0.5) is 0 Å². The Morgan fingerprint density at radius 2 is 0.875 bits per heavy atom. The Balaban J connectivity index is 1.07. The molecule has 0 spiro atoms. The van der Waals surface area contributed by atoms with Crippen molar-refractivity contribution in [1.82, 2.24) is 24.9 Å². The standard InChI is InChI=1S/C49H29N5S2/c1-4-14-30(15-5-1)33-20-12-21-34(28-33)48-52-46(32-18-8-3-9-19-32)53-49(54-48)39-24-13-23-37-36-27-26-35(29-41(36)56-44(37)39)47-50-42(31-16-6-2-7-17-31)45-43(51-47)38-22-10-11-25-40(38)55-45/h1-29H. The summed E-state index contributed by atoms with van der Waals surface area (Å²) in [6.07, 6.45) is 0. The zero-order valence-corrected chi connectivity index (χ0v) is 31.4. The molecule has 4 heterocycles. The van der Waals surface area contributed by atoms with Gasteiger partial charge >= 0.3 is 0 Å². The SMILES string of the molecule is c1ccc(-c2cccc(-c3nc(-c4ccccc4)nc(-c4cccc5c4sc4cc(-c6nc(-c7ccccc7)c7sc8ccccc8c7n6)ccc45)n3)c2)cc1. The van der Waals surface area contributed by atoms with E-state index in [-0.39, 0.29) is 0 Å². The molecule has 4 aromatic heterocycles. The normalized spacial score (nSPS) is 11.6. The fraction of sp³-hybridized carbons (Fsp3) is 0. The van der Waals surface area contributed by atoms with Crippen LogP contribution in [-0.4, -0.2) is 24.9 Å². The van der Waals surface area contributed by atoms with Crippen molar-refractivity contribution in [2.75, 3.05) is 0 Å². The fourth-order valence-electron chi connectivity index (χ4n) is 7.44. The van der Waals surface area contributed by atoms with Crippen LogP contribution in [-0.2, 0) is 0 Å². The summed E-state index contributed by atoms with van der Waals surface area (Å²) in [4.78, 5) is 25.8. The second kappa shape index (κ2) is 13.4. The summed E-state index contributed by atoms with van der Waals surface area (Å²) in [5, 5.41) is 3.49. The third-order valence-electron chi connectivity index (χ3n) is 10.2. The Kier molecular flexibility index (Phi) is 7.79. The lowest BCUT2D eigenvalue weighted by atomic mass is 10.0. The molecule has 0 aliphatic heterocycles. The Bertz CT molecular complexity index is 3250. The summed E-state index contributed by atoms with van der Waals surface area (Å²) in [5.74, 6) is 2.63. The number of nitrogens with zero attached hydrogens (tertiary/aromatic N) is 5. The lowest BCUT2D eigenvalue weighted by Gasteiger charge is -2.10. The Morgan fingerprint density at radius 3 is 1.68 bits per heavy atom. The third-order valence-corrected chi connectivity index (χ3v) is 12.5. The van der Waals surface area contributed by atoms with Crippen molar-refractivity contribution >= 4 is 63.1 Å². The van der Waals surface area contributed by atoms with E-state index in [1.807, 2.05) is 42.5 Å². The van der Waals surface area contributed by atoms with Crippen LogP contribution in [0.3, 0.4) is 0 Å². The summed E-state index contributed by atoms with van der Waals surface area (Å²) >= 11 is 3.50. The van der Waals surface area contributed by atoms with Gasteiger partial charge in [0, 0.05) is 58.1 Å². The van der Waals surface area contributed by atoms with Crippen molar-refractivity contribution in [3.8, 4) is 67.9 Å². The molecular formula is C49H29N5S2. The molecule has 0 atom stereocenters. The molecule has 0 unspecified atom stereocenters. The minimum Gasteiger partial charge on any atom is -0.226 e. The predicted octanol–water partition coefficient (Wildman–Crippen LogP) is 13.4. The van der Waals surface area contributed by atoms with Crippen LogP contribution in [0.1, 0.15) is 0 Å². The lowest BCUT2D eigenvalue weighted by Crippen LogP contribution is -2.00. The first-order valence-corrected chi connectivity index (χ1v) is 20.0. The quantitative estimate of drug-likeness (QED) is 0.169. The second-order valence-electron chi connectivity index (χ2n) is 13.7. The highest BCUT2D eigenvalue weighted by Gasteiger charge is 2.20. The Hall–Kier alpha value is -6.93. The van der Waals surface area contributed by atoms with Crippen LogP contribution in [0.15, 0.2) is 176 Å². The van der Waals surface area contributed by atoms with Gasteiger partial charge in [0.15, 0.2) is 23.3 Å². The van der Waals surface area contributed by atoms with E-state index in [0.29, 0.717) is 23.3 Å². The molecule has 0 aliphatic carbocycles. The molecule has 0 fully saturated rings. The van der Waals surface area contributed by atoms with Crippen molar-refractivity contribution in [2.24, 2.45) is 0 Å². The zero-order valence-electron chi connectivity index (χ0n) is 29.8. The van der Waals surface area contributed by atoms with E-state index in [1.54, 1.807) is 22.7 Å². The van der Waals surface area contributed by atoms with Crippen molar-refractivity contribution in [3.05, 3.63) is 176 Å². The number of benzene rings is 7. The molecule has 7 aromatic carbocycles. The van der Waals surface area contributed by atoms with Gasteiger partial charge in [-0.25, -0.2) is 24.9 Å². The smallest absolute Gasteiger partial charge is 0.165 e. The molecule has 0 N–H and O–H groups in total. The minimum absolute atomic E-state index is 0.634. The number of fused-ring (bicyclic) bond motifs is 6. The fourth-order valence-corrected chi connectivity index (χ4v) is 9.84. The molecular weight excluding hydrogens is 723 g/mol. The van der Waals surface area contributed by atoms with E-state index in [1.165, 1.54) is 10.1 Å². The highest BCUT2D eigenvalue weighted by Crippen LogP contribution is 2.43. The first kappa shape index (κ1) is 32.5. The Morgan fingerprint density at radius 1 is 0.304 bits per heavy atom. The largest absolute Gasteiger partial charge is 0.226 e. The topological polar surface area (TPSA) is 64.5 Å². The van der Waals surface area contributed by atoms with Gasteiger partial charge in [-0.3, -0.25) is 0 Å². The molecule has 11 rings (SSSR count). The molecule has 0 amide bonds. The van der Waals surface area contributed by atoms with Crippen molar-refractivity contribution in [2.45, 2.75) is 0 Å². The highest BCUT2D eigenvalue weighted by atomic mass is 32.1. The summed E-state index contributed by atoms with van der Waals surface area (Å²) in [7, 11) is 0. The van der Waals surface area contributed by atoms with E-state index in [9.17, 15) is 0 Å². The van der Waals surface area contributed by atoms with Crippen LogP contribution in [0.25, 0.3) is 108 Å². The summed E-state index contributed by atoms with van der Waals surface area (Å²) in [6, 6.07) is 60.9. The van der Waals surface area contributed by atoms with Crippen molar-refractivity contribution in [3.63, 3.8) is 0 Å². The maximum atomic E-state index is 5.24. The van der Waals surface area contributed by atoms with E-state index in [2.05, 4.69) is 133 Å².